The van der Waals surface area contributed by atoms with Crippen LogP contribution in [-0.4, -0.2) is 65.2 Å². The van der Waals surface area contributed by atoms with Gasteiger partial charge in [0.15, 0.2) is 17.2 Å². The number of esters is 1. The molecule has 4 heterocycles. The molecule has 1 unspecified atom stereocenters. The molecule has 10 heteroatoms. The molecule has 0 radical (unpaired) electrons. The lowest BCUT2D eigenvalue weighted by molar-refractivity contribution is -0.938. The summed E-state index contributed by atoms with van der Waals surface area (Å²) in [6.07, 6.45) is 2.47. The van der Waals surface area contributed by atoms with Crippen molar-refractivity contribution in [1.29, 1.82) is 0 Å². The molecule has 8 nitrogen and oxygen atoms in total. The Kier molecular flexibility index (Phi) is 8.72. The second-order valence-electron chi connectivity index (χ2n) is 10.2. The third-order valence-corrected chi connectivity index (χ3v) is 7.30. The normalized spacial score (nSPS) is 24.1. The summed E-state index contributed by atoms with van der Waals surface area (Å²) in [7, 11) is 0. The fourth-order valence-corrected chi connectivity index (χ4v) is 5.45. The largest absolute Gasteiger partial charge is 1.00 e. The van der Waals surface area contributed by atoms with E-state index in [0.29, 0.717) is 28.1 Å². The Balaban J connectivity index is 0.00000342. The molecule has 0 saturated carbocycles. The van der Waals surface area contributed by atoms with Gasteiger partial charge in [0.25, 0.3) is 0 Å². The molecule has 3 saturated heterocycles. The number of fused-ring (bicyclic) bond motifs is 3. The number of nitrogens with zero attached hydrogens (tertiary/aromatic N) is 2. The van der Waals surface area contributed by atoms with E-state index in [4.69, 9.17) is 9.47 Å². The van der Waals surface area contributed by atoms with E-state index in [1.54, 1.807) is 39.1 Å². The smallest absolute Gasteiger partial charge is 0.408 e. The lowest BCUT2D eigenvalue weighted by Gasteiger charge is -2.51. The molecule has 3 aliphatic heterocycles. The number of ketones is 1. The Morgan fingerprint density at radius 2 is 1.86 bits per heavy atom. The van der Waals surface area contributed by atoms with Gasteiger partial charge < -0.3 is 36.3 Å². The van der Waals surface area contributed by atoms with Gasteiger partial charge in [0.2, 0.25) is 5.78 Å². The average Bonchev–Trinajstić information content (AvgIpc) is 3.33. The number of rotatable bonds is 7. The number of quaternary nitrogens is 1. The number of nitrogens with one attached hydrogen (secondary N) is 1. The number of alkyl carbamates (subject to hydrolysis) is 1. The number of benzene rings is 1. The van der Waals surface area contributed by atoms with Gasteiger partial charge in [-0.05, 0) is 26.3 Å². The number of halogens is 1. The van der Waals surface area contributed by atoms with E-state index in [2.05, 4.69) is 10.3 Å². The number of amides is 1. The standard InChI is InChI=1S/C25H31N3O5S.BrH/c1-25(2,3)33-24(31)27-21(18-7-5-4-6-8-18)23(30)32-20-16-28(12-9-17(20)10-13-28)15-19(29)22-26-11-14-34-22;/h4-8,11,14,17,20-21H,9-10,12-13,15-16H2,1-3H3;1H/t17?,20-,21?,28?;/m0./s1. The van der Waals surface area contributed by atoms with Crippen molar-refractivity contribution in [2.45, 2.75) is 51.4 Å². The molecule has 2 aromatic rings. The van der Waals surface area contributed by atoms with Crippen LogP contribution in [0.5, 0.6) is 0 Å². The zero-order valence-electron chi connectivity index (χ0n) is 20.2. The van der Waals surface area contributed by atoms with Crippen LogP contribution in [0.3, 0.4) is 0 Å². The zero-order valence-corrected chi connectivity index (χ0v) is 22.6. The maximum atomic E-state index is 13.3. The minimum absolute atomic E-state index is 0. The number of ether oxygens (including phenoxy) is 2. The van der Waals surface area contributed by atoms with Crippen molar-refractivity contribution in [1.82, 2.24) is 10.3 Å². The number of carbonyl (C=O) groups is 3. The molecule has 2 atom stereocenters. The van der Waals surface area contributed by atoms with E-state index in [9.17, 15) is 14.4 Å². The fraction of sp³-hybridized carbons (Fsp3) is 0.520. The summed E-state index contributed by atoms with van der Waals surface area (Å²) in [5.41, 5.74) is -0.0616. The first-order valence-electron chi connectivity index (χ1n) is 11.7. The van der Waals surface area contributed by atoms with E-state index in [1.807, 2.05) is 23.6 Å². The van der Waals surface area contributed by atoms with Crippen LogP contribution in [0.25, 0.3) is 0 Å². The first-order chi connectivity index (χ1) is 16.1. The van der Waals surface area contributed by atoms with E-state index in [0.717, 1.165) is 25.9 Å². The zero-order chi connectivity index (χ0) is 24.3. The van der Waals surface area contributed by atoms with Gasteiger partial charge in [0.1, 0.15) is 18.7 Å². The predicted octanol–water partition coefficient (Wildman–Crippen LogP) is 0.748. The van der Waals surface area contributed by atoms with Crippen LogP contribution in [-0.2, 0) is 14.3 Å². The number of carbonyl (C=O) groups excluding carboxylic acids is 3. The molecule has 1 aromatic heterocycles. The summed E-state index contributed by atoms with van der Waals surface area (Å²) >= 11 is 1.36. The highest BCUT2D eigenvalue weighted by Crippen LogP contribution is 2.36. The molecule has 1 aromatic carbocycles. The molecular weight excluding hydrogens is 534 g/mol. The van der Waals surface area contributed by atoms with Gasteiger partial charge in [-0.15, -0.1) is 11.3 Å². The van der Waals surface area contributed by atoms with Crippen molar-refractivity contribution in [3.05, 3.63) is 52.5 Å². The Labute approximate surface area is 220 Å². The van der Waals surface area contributed by atoms with Crippen molar-refractivity contribution < 1.29 is 45.3 Å². The van der Waals surface area contributed by atoms with Gasteiger partial charge in [0, 0.05) is 30.3 Å². The molecule has 1 N–H and O–H groups in total. The Hall–Kier alpha value is -2.30. The van der Waals surface area contributed by atoms with Crippen LogP contribution in [0.4, 0.5) is 4.79 Å². The monoisotopic (exact) mass is 565 g/mol. The summed E-state index contributed by atoms with van der Waals surface area (Å²) in [5, 5.41) is 5.02. The van der Waals surface area contributed by atoms with Crippen molar-refractivity contribution in [2.24, 2.45) is 5.92 Å². The second-order valence-corrected chi connectivity index (χ2v) is 11.1. The molecule has 5 rings (SSSR count). The third-order valence-electron chi connectivity index (χ3n) is 6.49. The van der Waals surface area contributed by atoms with Crippen LogP contribution in [0.1, 0.15) is 55.0 Å². The van der Waals surface area contributed by atoms with Crippen LogP contribution < -0.4 is 22.3 Å². The van der Waals surface area contributed by atoms with E-state index < -0.39 is 23.7 Å². The topological polar surface area (TPSA) is 94.6 Å². The number of piperidine rings is 3. The lowest BCUT2D eigenvalue weighted by atomic mass is 9.83. The van der Waals surface area contributed by atoms with E-state index in [-0.39, 0.29) is 34.8 Å². The van der Waals surface area contributed by atoms with E-state index in [1.165, 1.54) is 11.3 Å². The molecular formula is C25H32BrN3O5S. The molecule has 0 spiro atoms. The maximum absolute atomic E-state index is 13.3. The Bertz CT molecular complexity index is 1020. The number of thiazole rings is 1. The number of aromatic nitrogens is 1. The lowest BCUT2D eigenvalue weighted by Crippen LogP contribution is -3.00. The van der Waals surface area contributed by atoms with Crippen molar-refractivity contribution >= 4 is 29.2 Å². The molecule has 3 aliphatic rings. The molecule has 1 amide bonds. The van der Waals surface area contributed by atoms with Gasteiger partial charge >= 0.3 is 12.1 Å². The second kappa shape index (κ2) is 11.2. The van der Waals surface area contributed by atoms with Crippen LogP contribution in [0, 0.1) is 5.92 Å². The summed E-state index contributed by atoms with van der Waals surface area (Å²) in [6.45, 7) is 8.07. The highest BCUT2D eigenvalue weighted by molar-refractivity contribution is 7.11. The molecule has 3 fully saturated rings. The maximum Gasteiger partial charge on any atom is 0.408 e. The molecule has 35 heavy (non-hydrogen) atoms. The highest BCUT2D eigenvalue weighted by Gasteiger charge is 2.49. The third kappa shape index (κ3) is 6.89. The van der Waals surface area contributed by atoms with Crippen LogP contribution >= 0.6 is 11.3 Å². The average molecular weight is 567 g/mol. The van der Waals surface area contributed by atoms with Crippen LogP contribution in [0.2, 0.25) is 0 Å². The van der Waals surface area contributed by atoms with Gasteiger partial charge in [-0.2, -0.15) is 0 Å². The van der Waals surface area contributed by atoms with Gasteiger partial charge in [-0.1, -0.05) is 30.3 Å². The number of hydrogen-bond donors (Lipinski definition) is 1. The summed E-state index contributed by atoms with van der Waals surface area (Å²) in [6, 6.07) is 8.05. The fourth-order valence-electron chi connectivity index (χ4n) is 4.88. The SMILES string of the molecule is CC(C)(C)OC(=O)NC(C(=O)O[C@H]1C[N+]2(CC(=O)c3nccs3)CCC1CC2)c1ccccc1.[Br-]. The Morgan fingerprint density at radius 3 is 2.46 bits per heavy atom. The minimum atomic E-state index is -0.975. The first kappa shape index (κ1) is 27.3. The number of Topliss-reactive ketones (excluding diaryl/α,β-unsaturated/α-hetero) is 1. The van der Waals surface area contributed by atoms with E-state index >= 15 is 0 Å². The Morgan fingerprint density at radius 1 is 1.17 bits per heavy atom. The van der Waals surface area contributed by atoms with Crippen molar-refractivity contribution in [3.63, 3.8) is 0 Å². The minimum Gasteiger partial charge on any atom is -1.00 e. The summed E-state index contributed by atoms with van der Waals surface area (Å²) < 4.78 is 12.0. The first-order valence-corrected chi connectivity index (χ1v) is 12.5. The number of hydrogen-bond acceptors (Lipinski definition) is 7. The summed E-state index contributed by atoms with van der Waals surface area (Å²) in [5.74, 6) is -0.216. The summed E-state index contributed by atoms with van der Waals surface area (Å²) in [4.78, 5) is 42.7. The molecule has 2 bridgehead atoms. The molecule has 0 aliphatic carbocycles. The van der Waals surface area contributed by atoms with Gasteiger partial charge in [0.05, 0.1) is 13.1 Å². The van der Waals surface area contributed by atoms with Gasteiger partial charge in [-0.3, -0.25) is 4.79 Å². The van der Waals surface area contributed by atoms with Crippen molar-refractivity contribution in [2.75, 3.05) is 26.2 Å². The molecule has 190 valence electrons. The van der Waals surface area contributed by atoms with Gasteiger partial charge in [-0.25, -0.2) is 14.6 Å². The van der Waals surface area contributed by atoms with Crippen LogP contribution in [0.15, 0.2) is 41.9 Å². The quantitative estimate of drug-likeness (QED) is 0.302. The highest BCUT2D eigenvalue weighted by atomic mass is 79.9. The van der Waals surface area contributed by atoms with Crippen molar-refractivity contribution in [3.8, 4) is 0 Å². The predicted molar refractivity (Wildman–Crippen MR) is 127 cm³/mol.